The predicted octanol–water partition coefficient (Wildman–Crippen LogP) is 2.22. The third kappa shape index (κ3) is 7.69. The first-order chi connectivity index (χ1) is 22.3. The molecule has 48 heavy (non-hydrogen) atoms. The van der Waals surface area contributed by atoms with Crippen LogP contribution in [0.15, 0.2) is 81.2 Å². The molecule has 0 spiro atoms. The molecule has 0 saturated heterocycles. The van der Waals surface area contributed by atoms with Crippen LogP contribution in [-0.4, -0.2) is 84.4 Å². The number of nitrogens with one attached hydrogen (secondary N) is 1. The van der Waals surface area contributed by atoms with Crippen molar-refractivity contribution in [3.63, 3.8) is 0 Å². The number of amides is 1. The molecule has 4 aliphatic rings. The van der Waals surface area contributed by atoms with Gasteiger partial charge in [0.15, 0.2) is 5.78 Å². The third-order valence-corrected chi connectivity index (χ3v) is 9.84. The lowest BCUT2D eigenvalue weighted by Crippen LogP contribution is -2.45. The first-order valence-electron chi connectivity index (χ1n) is 16.1. The van der Waals surface area contributed by atoms with Gasteiger partial charge in [0, 0.05) is 63.9 Å². The Hall–Kier alpha value is -3.92. The van der Waals surface area contributed by atoms with Crippen LogP contribution in [0.3, 0.4) is 0 Å². The zero-order chi connectivity index (χ0) is 36.4. The van der Waals surface area contributed by atoms with Crippen LogP contribution in [0.25, 0.3) is 0 Å². The van der Waals surface area contributed by atoms with Gasteiger partial charge in [-0.25, -0.2) is 0 Å². The molecule has 0 saturated carbocycles. The standard InChI is InChI=1S/C37H47NO10/c1-16-11-9-13-18(3)31(42)27-26-25(39)15-24(36(47)28(26)35(46)23(8)34(27)45)38-37(48)19(4)14-10-12-17(2)30(41)21(6)33(44)22(7)32(43)20(5)29(16)40/h10-12,14-17,20-23,29-30,32-33,35,40-41,43-46H,1-8H3,(H,38,48)/b12-10+,18-11?,19-14-/t16?,17-,20+,21+,22-,23?,29-,30-,32+,33+,35?/m0/s1. The summed E-state index contributed by atoms with van der Waals surface area (Å²) in [5.74, 6) is -8.28. The normalized spacial score (nSPS) is 38.1. The highest BCUT2D eigenvalue weighted by molar-refractivity contribution is 6.30. The van der Waals surface area contributed by atoms with Crippen LogP contribution >= 0.6 is 0 Å². The number of Topliss-reactive ketones (excluding diaryl/α,β-unsaturated/α-hetero) is 2. The van der Waals surface area contributed by atoms with Gasteiger partial charge >= 0.3 is 0 Å². The van der Waals surface area contributed by atoms with Crippen molar-refractivity contribution in [1.29, 1.82) is 0 Å². The predicted molar refractivity (Wildman–Crippen MR) is 177 cm³/mol. The molecule has 0 aromatic heterocycles. The van der Waals surface area contributed by atoms with E-state index in [2.05, 4.69) is 16.8 Å². The minimum Gasteiger partial charge on any atom is -0.511 e. The first kappa shape index (κ1) is 38.5. The Morgan fingerprint density at radius 2 is 1.27 bits per heavy atom. The van der Waals surface area contributed by atoms with Crippen LogP contribution in [0.2, 0.25) is 0 Å². The zero-order valence-corrected chi connectivity index (χ0v) is 28.6. The Bertz CT molecular complexity index is 1610. The summed E-state index contributed by atoms with van der Waals surface area (Å²) in [5.41, 5.74) is 3.62. The number of ketones is 3. The summed E-state index contributed by atoms with van der Waals surface area (Å²) in [6, 6.07) is 0. The van der Waals surface area contributed by atoms with Crippen molar-refractivity contribution in [2.45, 2.75) is 85.9 Å². The fourth-order valence-corrected chi connectivity index (χ4v) is 6.21. The molecular formula is C37H47NO10. The quantitative estimate of drug-likeness (QED) is 0.149. The molecule has 1 amide bonds. The first-order valence-corrected chi connectivity index (χ1v) is 16.1. The van der Waals surface area contributed by atoms with E-state index >= 15 is 0 Å². The van der Waals surface area contributed by atoms with Crippen molar-refractivity contribution in [3.8, 4) is 0 Å². The molecule has 11 atom stereocenters. The largest absolute Gasteiger partial charge is 0.511 e. The van der Waals surface area contributed by atoms with Gasteiger partial charge in [-0.3, -0.25) is 19.2 Å². The lowest BCUT2D eigenvalue weighted by molar-refractivity contribution is -0.121. The molecule has 2 aliphatic carbocycles. The molecule has 3 unspecified atom stereocenters. The SMILES string of the molecule is CC1=C=C=CC(C)[C@H](O)[C@@H](C)[C@@H](O)[C@H](C)[C@H](O)[C@H](C)[C@@H](O)[C@@H](C)/C=C/C=C(/C)C(=O)NC2=CC(=O)C3=C(C2=O)C(O)C(C)C(O)=C3C1=O. The lowest BCUT2D eigenvalue weighted by Gasteiger charge is -2.36. The second-order valence-electron chi connectivity index (χ2n) is 13.4. The maximum absolute atomic E-state index is 13.6. The Kier molecular flexibility index (Phi) is 12.5. The summed E-state index contributed by atoms with van der Waals surface area (Å²) < 4.78 is 0. The van der Waals surface area contributed by atoms with Gasteiger partial charge in [0.25, 0.3) is 5.91 Å². The number of aliphatic hydroxyl groups is 6. The second kappa shape index (κ2) is 15.5. The average molecular weight is 666 g/mol. The number of carbonyl (C=O) groups excluding carboxylic acids is 4. The van der Waals surface area contributed by atoms with Crippen molar-refractivity contribution >= 4 is 23.3 Å². The van der Waals surface area contributed by atoms with Crippen LogP contribution in [0.1, 0.15) is 55.4 Å². The molecule has 0 radical (unpaired) electrons. The van der Waals surface area contributed by atoms with Crippen LogP contribution < -0.4 is 5.32 Å². The minimum atomic E-state index is -1.65. The fourth-order valence-electron chi connectivity index (χ4n) is 6.21. The maximum Gasteiger partial charge on any atom is 0.251 e. The van der Waals surface area contributed by atoms with E-state index in [1.54, 1.807) is 40.7 Å². The molecule has 11 nitrogen and oxygen atoms in total. The summed E-state index contributed by atoms with van der Waals surface area (Å²) >= 11 is 0. The molecule has 2 aliphatic heterocycles. The molecular weight excluding hydrogens is 618 g/mol. The van der Waals surface area contributed by atoms with Crippen molar-refractivity contribution < 1.29 is 49.8 Å². The van der Waals surface area contributed by atoms with E-state index in [1.165, 1.54) is 39.0 Å². The molecule has 4 bridgehead atoms. The molecule has 2 heterocycles. The Labute approximate surface area is 280 Å². The van der Waals surface area contributed by atoms with Gasteiger partial charge in [0.2, 0.25) is 11.6 Å². The van der Waals surface area contributed by atoms with Crippen molar-refractivity contribution in [2.75, 3.05) is 0 Å². The fraction of sp³-hybridized carbons (Fsp3) is 0.514. The molecule has 11 heteroatoms. The van der Waals surface area contributed by atoms with E-state index in [9.17, 15) is 49.8 Å². The number of hydrogen-bond donors (Lipinski definition) is 7. The van der Waals surface area contributed by atoms with Gasteiger partial charge in [-0.1, -0.05) is 71.2 Å². The highest BCUT2D eigenvalue weighted by Crippen LogP contribution is 2.39. The molecule has 7 N–H and O–H groups in total. The molecule has 0 aromatic carbocycles. The van der Waals surface area contributed by atoms with Crippen molar-refractivity contribution in [2.24, 2.45) is 35.5 Å². The van der Waals surface area contributed by atoms with E-state index in [0.29, 0.717) is 0 Å². The summed E-state index contributed by atoms with van der Waals surface area (Å²) in [5, 5.41) is 68.4. The third-order valence-electron chi connectivity index (χ3n) is 9.84. The number of hydrogen-bond acceptors (Lipinski definition) is 10. The van der Waals surface area contributed by atoms with E-state index in [0.717, 1.165) is 6.08 Å². The molecule has 260 valence electrons. The number of rotatable bonds is 0. The smallest absolute Gasteiger partial charge is 0.251 e. The highest BCUT2D eigenvalue weighted by atomic mass is 16.3. The van der Waals surface area contributed by atoms with Crippen LogP contribution in [0.4, 0.5) is 0 Å². The van der Waals surface area contributed by atoms with Gasteiger partial charge in [-0.2, -0.15) is 0 Å². The topological polar surface area (TPSA) is 202 Å². The monoisotopic (exact) mass is 665 g/mol. The van der Waals surface area contributed by atoms with Crippen molar-refractivity contribution in [3.05, 3.63) is 81.2 Å². The summed E-state index contributed by atoms with van der Waals surface area (Å²) in [4.78, 5) is 53.5. The van der Waals surface area contributed by atoms with Gasteiger partial charge < -0.3 is 36.0 Å². The van der Waals surface area contributed by atoms with E-state index in [-0.39, 0.29) is 11.1 Å². The van der Waals surface area contributed by atoms with Gasteiger partial charge in [-0.05, 0) is 19.9 Å². The van der Waals surface area contributed by atoms with Gasteiger partial charge in [0.05, 0.1) is 41.8 Å². The van der Waals surface area contributed by atoms with E-state index in [4.69, 9.17) is 0 Å². The van der Waals surface area contributed by atoms with Crippen LogP contribution in [0.5, 0.6) is 0 Å². The summed E-state index contributed by atoms with van der Waals surface area (Å²) in [6.07, 6.45) is 0.791. The lowest BCUT2D eigenvalue weighted by atomic mass is 9.74. The number of allylic oxidation sites excluding steroid dienone is 7. The highest BCUT2D eigenvalue weighted by Gasteiger charge is 2.45. The second-order valence-corrected chi connectivity index (χ2v) is 13.4. The summed E-state index contributed by atoms with van der Waals surface area (Å²) in [6.45, 7) is 12.5. The number of aliphatic hydroxyl groups excluding tert-OH is 6. The molecule has 0 fully saturated rings. The molecule has 4 rings (SSSR count). The summed E-state index contributed by atoms with van der Waals surface area (Å²) in [7, 11) is 0. The number of fused-ring (bicyclic) bond motifs is 15. The Morgan fingerprint density at radius 3 is 1.85 bits per heavy atom. The van der Waals surface area contributed by atoms with E-state index in [1.807, 2.05) is 0 Å². The Balaban J connectivity index is 2.15. The van der Waals surface area contributed by atoms with Crippen LogP contribution in [0, 0.1) is 35.5 Å². The maximum atomic E-state index is 13.6. The number of carbonyl (C=O) groups is 4. The zero-order valence-electron chi connectivity index (χ0n) is 28.6. The van der Waals surface area contributed by atoms with Crippen LogP contribution in [-0.2, 0) is 19.2 Å². The molecule has 0 aromatic rings. The minimum absolute atomic E-state index is 0.0980. The van der Waals surface area contributed by atoms with E-state index < -0.39 is 117 Å². The average Bonchev–Trinajstić information content (AvgIpc) is 3.05. The van der Waals surface area contributed by atoms with Gasteiger partial charge in [-0.15, -0.1) is 0 Å². The Morgan fingerprint density at radius 1 is 0.729 bits per heavy atom. The van der Waals surface area contributed by atoms with Gasteiger partial charge in [0.1, 0.15) is 5.76 Å². The van der Waals surface area contributed by atoms with Crippen molar-refractivity contribution in [1.82, 2.24) is 5.32 Å².